The summed E-state index contributed by atoms with van der Waals surface area (Å²) in [5.74, 6) is -0.464. The molecule has 0 saturated carbocycles. The lowest BCUT2D eigenvalue weighted by Gasteiger charge is -2.37. The summed E-state index contributed by atoms with van der Waals surface area (Å²) < 4.78 is 34.0. The van der Waals surface area contributed by atoms with Crippen molar-refractivity contribution >= 4 is 5.97 Å². The second-order valence-corrected chi connectivity index (χ2v) is 6.96. The number of carbonyl (C=O) groups excluding carboxylic acids is 1. The van der Waals surface area contributed by atoms with Gasteiger partial charge < -0.3 is 28.4 Å². The van der Waals surface area contributed by atoms with Crippen LogP contribution in [0.1, 0.15) is 17.2 Å². The highest BCUT2D eigenvalue weighted by Crippen LogP contribution is 2.31. The van der Waals surface area contributed by atoms with Crippen LogP contribution >= 0.6 is 0 Å². The molecule has 0 N–H and O–H groups in total. The van der Waals surface area contributed by atoms with E-state index < -0.39 is 30.4 Å². The van der Waals surface area contributed by atoms with Gasteiger partial charge in [-0.2, -0.15) is 0 Å². The van der Waals surface area contributed by atoms with E-state index in [1.54, 1.807) is 13.2 Å². The molecule has 1 aliphatic rings. The number of hydrogen-bond donors (Lipinski definition) is 0. The van der Waals surface area contributed by atoms with Gasteiger partial charge in [-0.25, -0.2) is 4.79 Å². The Balaban J connectivity index is 1.86. The molecule has 2 aromatic rings. The molecule has 1 aliphatic heterocycles. The Morgan fingerprint density at radius 3 is 2.23 bits per heavy atom. The minimum Gasteiger partial charge on any atom is -0.453 e. The Hall–Kier alpha value is -2.55. The smallest absolute Gasteiger partial charge is 0.330 e. The van der Waals surface area contributed by atoms with Crippen LogP contribution in [-0.2, 0) is 39.8 Å². The highest BCUT2D eigenvalue weighted by molar-refractivity contribution is 5.83. The van der Waals surface area contributed by atoms with Gasteiger partial charge in [0.05, 0.1) is 6.61 Å². The van der Waals surface area contributed by atoms with E-state index >= 15 is 0 Å². The van der Waals surface area contributed by atoms with Crippen LogP contribution in [-0.4, -0.2) is 52.1 Å². The molecule has 4 atom stereocenters. The molecule has 0 saturated heterocycles. The van der Waals surface area contributed by atoms with E-state index in [-0.39, 0.29) is 13.6 Å². The van der Waals surface area contributed by atoms with Gasteiger partial charge in [0.2, 0.25) is 0 Å². The Morgan fingerprint density at radius 1 is 0.903 bits per heavy atom. The van der Waals surface area contributed by atoms with Crippen molar-refractivity contribution in [1.29, 1.82) is 0 Å². The summed E-state index contributed by atoms with van der Waals surface area (Å²) in [7, 11) is 3.07. The van der Waals surface area contributed by atoms with Gasteiger partial charge in [0.15, 0.2) is 6.10 Å². The SMILES string of the molecule is COCO[C@@H]([C@@H]1OC(=O)C=C[C@@H]1OCc1ccccc1)[C@@H](OCOC)c1ccccc1. The minimum atomic E-state index is -0.751. The fraction of sp³-hybridized carbons (Fsp3) is 0.375. The number of methoxy groups -OCH3 is 2. The summed E-state index contributed by atoms with van der Waals surface area (Å²) in [6.45, 7) is 0.391. The van der Waals surface area contributed by atoms with Crippen LogP contribution in [0.5, 0.6) is 0 Å². The Bertz CT molecular complexity index is 809. The first-order chi connectivity index (χ1) is 15.2. The summed E-state index contributed by atoms with van der Waals surface area (Å²) in [6, 6.07) is 19.3. The van der Waals surface area contributed by atoms with Gasteiger partial charge in [-0.3, -0.25) is 0 Å². The maximum absolute atomic E-state index is 12.1. The molecule has 7 nitrogen and oxygen atoms in total. The standard InChI is InChI=1S/C24H28O7/c1-26-16-29-22(19-11-7-4-8-12-19)24(30-17-27-2)23-20(13-14-21(25)31-23)28-15-18-9-5-3-6-10-18/h3-14,20,22-24H,15-17H2,1-2H3/t20-,22-,23+,24+/m0/s1. The van der Waals surface area contributed by atoms with Crippen molar-refractivity contribution in [3.8, 4) is 0 Å². The van der Waals surface area contributed by atoms with Gasteiger partial charge in [0.1, 0.15) is 31.9 Å². The van der Waals surface area contributed by atoms with E-state index in [2.05, 4.69) is 0 Å². The van der Waals surface area contributed by atoms with Gasteiger partial charge in [0.25, 0.3) is 0 Å². The van der Waals surface area contributed by atoms with Gasteiger partial charge in [-0.05, 0) is 17.2 Å². The molecule has 1 heterocycles. The third-order valence-corrected chi connectivity index (χ3v) is 4.78. The minimum absolute atomic E-state index is 0.00644. The lowest BCUT2D eigenvalue weighted by atomic mass is 9.95. The first kappa shape index (κ1) is 23.1. The molecular weight excluding hydrogens is 400 g/mol. The van der Waals surface area contributed by atoms with Gasteiger partial charge in [-0.15, -0.1) is 0 Å². The van der Waals surface area contributed by atoms with Crippen molar-refractivity contribution in [2.75, 3.05) is 27.8 Å². The highest BCUT2D eigenvalue weighted by Gasteiger charge is 2.41. The molecule has 0 bridgehead atoms. The number of ether oxygens (including phenoxy) is 6. The van der Waals surface area contributed by atoms with Crippen molar-refractivity contribution in [3.63, 3.8) is 0 Å². The van der Waals surface area contributed by atoms with E-state index in [0.717, 1.165) is 11.1 Å². The molecular formula is C24H28O7. The summed E-state index contributed by atoms with van der Waals surface area (Å²) in [4.78, 5) is 12.1. The van der Waals surface area contributed by atoms with Crippen LogP contribution < -0.4 is 0 Å². The molecule has 31 heavy (non-hydrogen) atoms. The van der Waals surface area contributed by atoms with Crippen LogP contribution in [0.4, 0.5) is 0 Å². The van der Waals surface area contributed by atoms with Gasteiger partial charge in [-0.1, -0.05) is 60.7 Å². The molecule has 3 rings (SSSR count). The zero-order valence-electron chi connectivity index (χ0n) is 17.7. The van der Waals surface area contributed by atoms with Crippen molar-refractivity contribution < 1.29 is 33.2 Å². The van der Waals surface area contributed by atoms with Crippen LogP contribution in [0.3, 0.4) is 0 Å². The van der Waals surface area contributed by atoms with E-state index in [1.165, 1.54) is 13.2 Å². The number of rotatable bonds is 12. The van der Waals surface area contributed by atoms with Crippen molar-refractivity contribution in [2.24, 2.45) is 0 Å². The fourth-order valence-electron chi connectivity index (χ4n) is 3.36. The van der Waals surface area contributed by atoms with Crippen molar-refractivity contribution in [2.45, 2.75) is 31.0 Å². The number of esters is 1. The highest BCUT2D eigenvalue weighted by atomic mass is 16.7. The maximum atomic E-state index is 12.1. The average Bonchev–Trinajstić information content (AvgIpc) is 2.81. The third kappa shape index (κ3) is 6.72. The molecule has 0 aromatic heterocycles. The summed E-state index contributed by atoms with van der Waals surface area (Å²) >= 11 is 0. The van der Waals surface area contributed by atoms with E-state index in [0.29, 0.717) is 6.61 Å². The fourth-order valence-corrected chi connectivity index (χ4v) is 3.36. The van der Waals surface area contributed by atoms with Crippen LogP contribution in [0.25, 0.3) is 0 Å². The maximum Gasteiger partial charge on any atom is 0.330 e. The quantitative estimate of drug-likeness (QED) is 0.379. The predicted molar refractivity (Wildman–Crippen MR) is 113 cm³/mol. The summed E-state index contributed by atoms with van der Waals surface area (Å²) in [6.07, 6.45) is 0.500. The second kappa shape index (κ2) is 12.3. The third-order valence-electron chi connectivity index (χ3n) is 4.78. The molecule has 0 unspecified atom stereocenters. The van der Waals surface area contributed by atoms with Crippen LogP contribution in [0, 0.1) is 0 Å². The topological polar surface area (TPSA) is 72.5 Å². The molecule has 0 fully saturated rings. The first-order valence-electron chi connectivity index (χ1n) is 10.0. The monoisotopic (exact) mass is 428 g/mol. The van der Waals surface area contributed by atoms with E-state index in [9.17, 15) is 4.79 Å². The summed E-state index contributed by atoms with van der Waals surface area (Å²) in [5, 5.41) is 0. The number of carbonyl (C=O) groups is 1. The largest absolute Gasteiger partial charge is 0.453 e. The Morgan fingerprint density at radius 2 is 1.55 bits per heavy atom. The number of cyclic esters (lactones) is 1. The van der Waals surface area contributed by atoms with Gasteiger partial charge in [0, 0.05) is 20.3 Å². The van der Waals surface area contributed by atoms with Crippen LogP contribution in [0.15, 0.2) is 72.8 Å². The van der Waals surface area contributed by atoms with Crippen LogP contribution in [0.2, 0.25) is 0 Å². The van der Waals surface area contributed by atoms with Crippen molar-refractivity contribution in [1.82, 2.24) is 0 Å². The molecule has 0 spiro atoms. The molecule has 7 heteroatoms. The summed E-state index contributed by atoms with van der Waals surface area (Å²) in [5.41, 5.74) is 1.87. The zero-order chi connectivity index (χ0) is 21.9. The molecule has 0 radical (unpaired) electrons. The lowest BCUT2D eigenvalue weighted by molar-refractivity contribution is -0.215. The van der Waals surface area contributed by atoms with Crippen molar-refractivity contribution in [3.05, 3.63) is 83.9 Å². The Kier molecular flexibility index (Phi) is 9.20. The predicted octanol–water partition coefficient (Wildman–Crippen LogP) is 3.40. The number of hydrogen-bond acceptors (Lipinski definition) is 7. The molecule has 0 aliphatic carbocycles. The van der Waals surface area contributed by atoms with Gasteiger partial charge >= 0.3 is 5.97 Å². The number of benzene rings is 2. The Labute approximate surface area is 182 Å². The second-order valence-electron chi connectivity index (χ2n) is 6.96. The molecule has 2 aromatic carbocycles. The molecule has 166 valence electrons. The normalized spacial score (nSPS) is 20.3. The van der Waals surface area contributed by atoms with E-state index in [4.69, 9.17) is 28.4 Å². The van der Waals surface area contributed by atoms with E-state index in [1.807, 2.05) is 60.7 Å². The molecule has 0 amide bonds. The average molecular weight is 428 g/mol. The lowest BCUT2D eigenvalue weighted by Crippen LogP contribution is -2.48. The zero-order valence-corrected chi connectivity index (χ0v) is 17.7. The first-order valence-corrected chi connectivity index (χ1v) is 10.0.